The van der Waals surface area contributed by atoms with Gasteiger partial charge in [-0.3, -0.25) is 4.68 Å². The molecule has 0 fully saturated rings. The Morgan fingerprint density at radius 1 is 1.09 bits per heavy atom. The maximum Gasteiger partial charge on any atom is 0.266 e. The van der Waals surface area contributed by atoms with Crippen molar-refractivity contribution in [3.05, 3.63) is 71.2 Å². The Labute approximate surface area is 188 Å². The van der Waals surface area contributed by atoms with Crippen LogP contribution >= 0.6 is 0 Å². The highest BCUT2D eigenvalue weighted by molar-refractivity contribution is 5.90. The Bertz CT molecular complexity index is 1320. The van der Waals surface area contributed by atoms with E-state index >= 15 is 0 Å². The minimum absolute atomic E-state index is 0.149. The Hall–Kier alpha value is -3.69. The van der Waals surface area contributed by atoms with E-state index in [4.69, 9.17) is 0 Å². The summed E-state index contributed by atoms with van der Waals surface area (Å²) in [5.74, 6) is 0.881. The molecule has 1 aliphatic rings. The average Bonchev–Trinajstić information content (AvgIpc) is 3.26. The SMILES string of the molecule is Cc1nc(NC(C)c2cccc(C(F)F)c2F)c2cc(N3CCn4nccc4C3)ncc2n1. The van der Waals surface area contributed by atoms with Crippen LogP contribution in [0.4, 0.5) is 24.8 Å². The van der Waals surface area contributed by atoms with Gasteiger partial charge >= 0.3 is 0 Å². The van der Waals surface area contributed by atoms with Crippen LogP contribution in [0.2, 0.25) is 0 Å². The van der Waals surface area contributed by atoms with E-state index in [2.05, 4.69) is 30.3 Å². The number of aromatic nitrogens is 5. The maximum atomic E-state index is 14.7. The van der Waals surface area contributed by atoms with Gasteiger partial charge in [-0.25, -0.2) is 28.1 Å². The fourth-order valence-corrected chi connectivity index (χ4v) is 4.16. The Morgan fingerprint density at radius 3 is 2.73 bits per heavy atom. The predicted molar refractivity (Wildman–Crippen MR) is 119 cm³/mol. The molecule has 33 heavy (non-hydrogen) atoms. The lowest BCUT2D eigenvalue weighted by molar-refractivity contribution is 0.146. The van der Waals surface area contributed by atoms with Crippen LogP contribution in [0.3, 0.4) is 0 Å². The monoisotopic (exact) mass is 453 g/mol. The highest BCUT2D eigenvalue weighted by Gasteiger charge is 2.22. The number of pyridine rings is 1. The zero-order chi connectivity index (χ0) is 23.1. The number of fused-ring (bicyclic) bond motifs is 2. The summed E-state index contributed by atoms with van der Waals surface area (Å²) in [6, 6.07) is 7.33. The Morgan fingerprint density at radius 2 is 1.91 bits per heavy atom. The first-order chi connectivity index (χ1) is 15.9. The molecule has 0 amide bonds. The third kappa shape index (κ3) is 3.96. The number of anilines is 2. The standard InChI is InChI=1S/C23H22F3N7/c1-13(16-4-3-5-17(21(16)24)22(25)26)29-23-18-10-20(27-11-19(18)30-14(2)31-23)32-8-9-33-15(12-32)6-7-28-33/h3-7,10-11,13,22H,8-9,12H2,1-2H3,(H,29,30,31). The number of hydrogen-bond donors (Lipinski definition) is 1. The molecule has 7 nitrogen and oxygen atoms in total. The van der Waals surface area contributed by atoms with Gasteiger partial charge in [-0.15, -0.1) is 0 Å². The van der Waals surface area contributed by atoms with Crippen LogP contribution in [0.15, 0.2) is 42.7 Å². The lowest BCUT2D eigenvalue weighted by Crippen LogP contribution is -2.34. The van der Waals surface area contributed by atoms with Crippen LogP contribution in [-0.2, 0) is 13.1 Å². The molecule has 1 unspecified atom stereocenters. The number of alkyl halides is 2. The topological polar surface area (TPSA) is 71.8 Å². The second-order valence-corrected chi connectivity index (χ2v) is 8.06. The zero-order valence-electron chi connectivity index (χ0n) is 18.1. The van der Waals surface area contributed by atoms with Crippen molar-refractivity contribution in [2.75, 3.05) is 16.8 Å². The van der Waals surface area contributed by atoms with E-state index in [9.17, 15) is 13.2 Å². The van der Waals surface area contributed by atoms with Crippen LogP contribution in [0.1, 0.15) is 42.0 Å². The molecule has 0 saturated heterocycles. The number of hydrogen-bond acceptors (Lipinski definition) is 6. The smallest absolute Gasteiger partial charge is 0.266 e. The summed E-state index contributed by atoms with van der Waals surface area (Å²) in [5.41, 5.74) is 1.28. The van der Waals surface area contributed by atoms with Crippen LogP contribution in [0, 0.1) is 12.7 Å². The molecule has 3 aromatic heterocycles. The van der Waals surface area contributed by atoms with Crippen LogP contribution < -0.4 is 10.2 Å². The van der Waals surface area contributed by atoms with E-state index in [0.29, 0.717) is 23.7 Å². The minimum Gasteiger partial charge on any atom is -0.363 e. The zero-order valence-corrected chi connectivity index (χ0v) is 18.1. The molecule has 1 aromatic carbocycles. The van der Waals surface area contributed by atoms with Crippen molar-refractivity contribution >= 4 is 22.5 Å². The van der Waals surface area contributed by atoms with Gasteiger partial charge in [0.2, 0.25) is 0 Å². The fraction of sp³-hybridized carbons (Fsp3) is 0.304. The number of nitrogens with zero attached hydrogens (tertiary/aromatic N) is 6. The van der Waals surface area contributed by atoms with Gasteiger partial charge in [0.15, 0.2) is 0 Å². The van der Waals surface area contributed by atoms with Gasteiger partial charge in [0, 0.05) is 23.7 Å². The largest absolute Gasteiger partial charge is 0.363 e. The van der Waals surface area contributed by atoms with Gasteiger partial charge in [-0.05, 0) is 26.0 Å². The molecule has 0 radical (unpaired) electrons. The molecule has 5 rings (SSSR count). The summed E-state index contributed by atoms with van der Waals surface area (Å²) in [6.45, 7) is 5.66. The molecule has 1 aliphatic heterocycles. The van der Waals surface area contributed by atoms with Gasteiger partial charge < -0.3 is 10.2 Å². The molecule has 0 aliphatic carbocycles. The highest BCUT2D eigenvalue weighted by atomic mass is 19.3. The van der Waals surface area contributed by atoms with Gasteiger partial charge in [0.05, 0.1) is 42.1 Å². The molecule has 0 saturated carbocycles. The van der Waals surface area contributed by atoms with Crippen LogP contribution in [0.25, 0.3) is 10.9 Å². The molecule has 10 heteroatoms. The van der Waals surface area contributed by atoms with Crippen molar-refractivity contribution in [2.45, 2.75) is 39.4 Å². The van der Waals surface area contributed by atoms with Gasteiger partial charge in [0.25, 0.3) is 6.43 Å². The van der Waals surface area contributed by atoms with Gasteiger partial charge in [-0.2, -0.15) is 5.10 Å². The molecular formula is C23H22F3N7. The van der Waals surface area contributed by atoms with Crippen molar-refractivity contribution in [1.82, 2.24) is 24.7 Å². The van der Waals surface area contributed by atoms with Gasteiger partial charge in [0.1, 0.15) is 23.3 Å². The summed E-state index contributed by atoms with van der Waals surface area (Å²) in [5, 5.41) is 8.22. The number of benzene rings is 1. The molecule has 0 spiro atoms. The van der Waals surface area contributed by atoms with Crippen molar-refractivity contribution in [2.24, 2.45) is 0 Å². The average molecular weight is 453 g/mol. The van der Waals surface area contributed by atoms with Crippen LogP contribution in [0.5, 0.6) is 0 Å². The summed E-state index contributed by atoms with van der Waals surface area (Å²) >= 11 is 0. The molecule has 4 aromatic rings. The lowest BCUT2D eigenvalue weighted by Gasteiger charge is -2.29. The number of rotatable bonds is 5. The minimum atomic E-state index is -2.88. The van der Waals surface area contributed by atoms with Gasteiger partial charge in [-0.1, -0.05) is 18.2 Å². The van der Waals surface area contributed by atoms with E-state index in [-0.39, 0.29) is 5.56 Å². The molecular weight excluding hydrogens is 431 g/mol. The maximum absolute atomic E-state index is 14.7. The van der Waals surface area contributed by atoms with Crippen molar-refractivity contribution in [3.63, 3.8) is 0 Å². The molecule has 170 valence electrons. The fourth-order valence-electron chi connectivity index (χ4n) is 4.16. The van der Waals surface area contributed by atoms with E-state index in [1.165, 1.54) is 12.1 Å². The molecule has 1 N–H and O–H groups in total. The Kier molecular flexibility index (Phi) is 5.35. The normalized spacial score (nSPS) is 14.5. The van der Waals surface area contributed by atoms with E-state index in [1.54, 1.807) is 26.2 Å². The molecule has 1 atom stereocenters. The quantitative estimate of drug-likeness (QED) is 0.468. The highest BCUT2D eigenvalue weighted by Crippen LogP contribution is 2.31. The van der Waals surface area contributed by atoms with Crippen molar-refractivity contribution in [1.29, 1.82) is 0 Å². The number of aryl methyl sites for hydroxylation is 1. The summed E-state index contributed by atoms with van der Waals surface area (Å²) in [6.07, 6.45) is 0.599. The van der Waals surface area contributed by atoms with E-state index in [1.807, 2.05) is 16.8 Å². The number of halogens is 3. The summed E-state index contributed by atoms with van der Waals surface area (Å²) in [7, 11) is 0. The molecule has 4 heterocycles. The second kappa shape index (κ2) is 8.34. The third-order valence-corrected chi connectivity index (χ3v) is 5.86. The molecule has 0 bridgehead atoms. The second-order valence-electron chi connectivity index (χ2n) is 8.06. The third-order valence-electron chi connectivity index (χ3n) is 5.86. The van der Waals surface area contributed by atoms with Crippen molar-refractivity contribution < 1.29 is 13.2 Å². The first-order valence-electron chi connectivity index (χ1n) is 10.6. The van der Waals surface area contributed by atoms with E-state index < -0.39 is 23.8 Å². The number of nitrogens with one attached hydrogen (secondary N) is 1. The lowest BCUT2D eigenvalue weighted by atomic mass is 10.0. The summed E-state index contributed by atoms with van der Waals surface area (Å²) in [4.78, 5) is 15.7. The first kappa shape index (κ1) is 21.2. The van der Waals surface area contributed by atoms with Crippen LogP contribution in [-0.4, -0.2) is 31.3 Å². The summed E-state index contributed by atoms with van der Waals surface area (Å²) < 4.78 is 43.0. The first-order valence-corrected chi connectivity index (χ1v) is 10.6. The Balaban J connectivity index is 1.49. The van der Waals surface area contributed by atoms with Crippen molar-refractivity contribution in [3.8, 4) is 0 Å². The predicted octanol–water partition coefficient (Wildman–Crippen LogP) is 4.80. The van der Waals surface area contributed by atoms with E-state index in [0.717, 1.165) is 36.1 Å².